The normalized spacial score (nSPS) is 20.4. The Morgan fingerprint density at radius 2 is 1.90 bits per heavy atom. The standard InChI is InChI=1S/C18H18O2/c1-13-10-17(13)18(19)15-8-5-9-16(11-15)20-12-14-6-3-2-4-7-14/h2-9,11,13,17H,10,12H2,1H3/t13-,17+/m0/s1. The van der Waals surface area contributed by atoms with Gasteiger partial charge in [-0.15, -0.1) is 0 Å². The SMILES string of the molecule is C[C@H]1C[C@H]1C(=O)c1cccc(OCc2ccccc2)c1. The van der Waals surface area contributed by atoms with Crippen LogP contribution in [0.3, 0.4) is 0 Å². The lowest BCUT2D eigenvalue weighted by Crippen LogP contribution is -2.03. The highest BCUT2D eigenvalue weighted by atomic mass is 16.5. The molecule has 1 saturated carbocycles. The number of hydrogen-bond donors (Lipinski definition) is 0. The van der Waals surface area contributed by atoms with Gasteiger partial charge in [0.2, 0.25) is 0 Å². The van der Waals surface area contributed by atoms with E-state index in [0.717, 1.165) is 23.3 Å². The second-order valence-corrected chi connectivity index (χ2v) is 5.49. The number of carbonyl (C=O) groups is 1. The van der Waals surface area contributed by atoms with E-state index in [1.165, 1.54) is 0 Å². The van der Waals surface area contributed by atoms with Crippen molar-refractivity contribution in [2.24, 2.45) is 11.8 Å². The monoisotopic (exact) mass is 266 g/mol. The largest absolute Gasteiger partial charge is 0.489 e. The molecule has 1 fully saturated rings. The fourth-order valence-corrected chi connectivity index (χ4v) is 2.38. The fraction of sp³-hybridized carbons (Fsp3) is 0.278. The van der Waals surface area contributed by atoms with Crippen molar-refractivity contribution >= 4 is 5.78 Å². The van der Waals surface area contributed by atoms with Crippen LogP contribution in [0.5, 0.6) is 5.75 Å². The highest BCUT2D eigenvalue weighted by molar-refractivity contribution is 5.99. The summed E-state index contributed by atoms with van der Waals surface area (Å²) < 4.78 is 5.76. The number of ether oxygens (including phenoxy) is 1. The first-order valence-corrected chi connectivity index (χ1v) is 7.05. The highest BCUT2D eigenvalue weighted by Crippen LogP contribution is 2.40. The lowest BCUT2D eigenvalue weighted by atomic mass is 10.1. The van der Waals surface area contributed by atoms with E-state index in [0.29, 0.717) is 12.5 Å². The molecule has 2 heteroatoms. The van der Waals surface area contributed by atoms with E-state index in [4.69, 9.17) is 4.74 Å². The molecule has 0 unspecified atom stereocenters. The molecule has 0 spiro atoms. The Labute approximate surface area is 119 Å². The predicted octanol–water partition coefficient (Wildman–Crippen LogP) is 4.10. The number of hydrogen-bond acceptors (Lipinski definition) is 2. The van der Waals surface area contributed by atoms with Gasteiger partial charge in [-0.3, -0.25) is 4.79 Å². The van der Waals surface area contributed by atoms with Crippen LogP contribution in [-0.4, -0.2) is 5.78 Å². The molecule has 2 aromatic carbocycles. The number of ketones is 1. The predicted molar refractivity (Wildman–Crippen MR) is 78.8 cm³/mol. The highest BCUT2D eigenvalue weighted by Gasteiger charge is 2.39. The Balaban J connectivity index is 1.67. The van der Waals surface area contributed by atoms with Gasteiger partial charge < -0.3 is 4.74 Å². The van der Waals surface area contributed by atoms with E-state index in [9.17, 15) is 4.79 Å². The first-order valence-electron chi connectivity index (χ1n) is 7.05. The van der Waals surface area contributed by atoms with Crippen LogP contribution >= 0.6 is 0 Å². The Morgan fingerprint density at radius 3 is 2.60 bits per heavy atom. The van der Waals surface area contributed by atoms with Crippen LogP contribution in [-0.2, 0) is 6.61 Å². The molecule has 2 nitrogen and oxygen atoms in total. The molecular formula is C18H18O2. The minimum Gasteiger partial charge on any atom is -0.489 e. The van der Waals surface area contributed by atoms with E-state index >= 15 is 0 Å². The maximum absolute atomic E-state index is 12.2. The zero-order chi connectivity index (χ0) is 13.9. The third-order valence-corrected chi connectivity index (χ3v) is 3.81. The Morgan fingerprint density at radius 1 is 1.15 bits per heavy atom. The van der Waals surface area contributed by atoms with Crippen molar-refractivity contribution in [3.05, 3.63) is 65.7 Å². The summed E-state index contributed by atoms with van der Waals surface area (Å²) in [6.07, 6.45) is 1.02. The molecule has 0 radical (unpaired) electrons. The summed E-state index contributed by atoms with van der Waals surface area (Å²) in [5.41, 5.74) is 1.89. The van der Waals surface area contributed by atoms with Gasteiger partial charge in [-0.25, -0.2) is 0 Å². The van der Waals surface area contributed by atoms with Gasteiger partial charge in [0.05, 0.1) is 0 Å². The number of carbonyl (C=O) groups excluding carboxylic acids is 1. The van der Waals surface area contributed by atoms with E-state index in [1.807, 2.05) is 54.6 Å². The van der Waals surface area contributed by atoms with E-state index in [2.05, 4.69) is 6.92 Å². The number of Topliss-reactive ketones (excluding diaryl/α,β-unsaturated/α-hetero) is 1. The number of benzene rings is 2. The molecule has 1 aliphatic rings. The zero-order valence-electron chi connectivity index (χ0n) is 11.6. The molecular weight excluding hydrogens is 248 g/mol. The minimum atomic E-state index is 0.222. The number of rotatable bonds is 5. The van der Waals surface area contributed by atoms with Crippen molar-refractivity contribution in [1.82, 2.24) is 0 Å². The quantitative estimate of drug-likeness (QED) is 0.761. The van der Waals surface area contributed by atoms with Gasteiger partial charge in [0.1, 0.15) is 12.4 Å². The molecule has 20 heavy (non-hydrogen) atoms. The smallest absolute Gasteiger partial charge is 0.166 e. The topological polar surface area (TPSA) is 26.3 Å². The van der Waals surface area contributed by atoms with E-state index in [1.54, 1.807) is 0 Å². The third kappa shape index (κ3) is 2.90. The van der Waals surface area contributed by atoms with Crippen LogP contribution in [0, 0.1) is 11.8 Å². The molecule has 0 heterocycles. The summed E-state index contributed by atoms with van der Waals surface area (Å²) in [7, 11) is 0. The Bertz CT molecular complexity index is 604. The molecule has 0 aliphatic heterocycles. The van der Waals surface area contributed by atoms with E-state index < -0.39 is 0 Å². The maximum Gasteiger partial charge on any atom is 0.166 e. The molecule has 2 atom stereocenters. The van der Waals surface area contributed by atoms with Crippen molar-refractivity contribution < 1.29 is 9.53 Å². The van der Waals surface area contributed by atoms with Crippen molar-refractivity contribution in [2.45, 2.75) is 20.0 Å². The third-order valence-electron chi connectivity index (χ3n) is 3.81. The molecule has 0 aromatic heterocycles. The second kappa shape index (κ2) is 5.49. The molecule has 102 valence electrons. The summed E-state index contributed by atoms with van der Waals surface area (Å²) >= 11 is 0. The van der Waals surface area contributed by atoms with Crippen LogP contribution in [0.25, 0.3) is 0 Å². The first-order chi connectivity index (χ1) is 9.74. The molecule has 0 amide bonds. The van der Waals surface area contributed by atoms with Crippen LogP contribution in [0.1, 0.15) is 29.3 Å². The average Bonchev–Trinajstić information content (AvgIpc) is 3.23. The van der Waals surface area contributed by atoms with Crippen LogP contribution in [0.2, 0.25) is 0 Å². The van der Waals surface area contributed by atoms with Crippen molar-refractivity contribution in [3.8, 4) is 5.75 Å². The van der Waals surface area contributed by atoms with Gasteiger partial charge in [0, 0.05) is 11.5 Å². The molecule has 2 aromatic rings. The Kier molecular flexibility index (Phi) is 3.55. The van der Waals surface area contributed by atoms with Crippen LogP contribution in [0.15, 0.2) is 54.6 Å². The molecule has 0 N–H and O–H groups in total. The Hall–Kier alpha value is -2.09. The lowest BCUT2D eigenvalue weighted by Gasteiger charge is -2.07. The van der Waals surface area contributed by atoms with Gasteiger partial charge in [0.15, 0.2) is 5.78 Å². The van der Waals surface area contributed by atoms with Gasteiger partial charge >= 0.3 is 0 Å². The van der Waals surface area contributed by atoms with Gasteiger partial charge in [-0.1, -0.05) is 49.4 Å². The van der Waals surface area contributed by atoms with E-state index in [-0.39, 0.29) is 11.7 Å². The molecule has 0 saturated heterocycles. The molecule has 3 rings (SSSR count). The minimum absolute atomic E-state index is 0.222. The van der Waals surface area contributed by atoms with Crippen LogP contribution < -0.4 is 4.74 Å². The second-order valence-electron chi connectivity index (χ2n) is 5.49. The summed E-state index contributed by atoms with van der Waals surface area (Å²) in [4.78, 5) is 12.2. The lowest BCUT2D eigenvalue weighted by molar-refractivity contribution is 0.0962. The van der Waals surface area contributed by atoms with Crippen molar-refractivity contribution in [3.63, 3.8) is 0 Å². The average molecular weight is 266 g/mol. The fourth-order valence-electron chi connectivity index (χ4n) is 2.38. The first kappa shape index (κ1) is 12.9. The summed E-state index contributed by atoms with van der Waals surface area (Å²) in [6.45, 7) is 2.65. The maximum atomic E-state index is 12.2. The zero-order valence-corrected chi connectivity index (χ0v) is 11.6. The van der Waals surface area contributed by atoms with Gasteiger partial charge in [0.25, 0.3) is 0 Å². The van der Waals surface area contributed by atoms with Crippen molar-refractivity contribution in [2.75, 3.05) is 0 Å². The van der Waals surface area contributed by atoms with Gasteiger partial charge in [-0.05, 0) is 30.0 Å². The summed E-state index contributed by atoms with van der Waals surface area (Å²) in [5, 5.41) is 0. The molecule has 0 bridgehead atoms. The molecule has 1 aliphatic carbocycles. The van der Waals surface area contributed by atoms with Crippen LogP contribution in [0.4, 0.5) is 0 Å². The summed E-state index contributed by atoms with van der Waals surface area (Å²) in [6, 6.07) is 17.6. The van der Waals surface area contributed by atoms with Gasteiger partial charge in [-0.2, -0.15) is 0 Å². The van der Waals surface area contributed by atoms with Crippen molar-refractivity contribution in [1.29, 1.82) is 0 Å². The summed E-state index contributed by atoms with van der Waals surface area (Å²) in [5.74, 6) is 1.77.